The molecule has 1 aliphatic heterocycles. The average Bonchev–Trinajstić information content (AvgIpc) is 2.68. The van der Waals surface area contributed by atoms with Gasteiger partial charge in [0.15, 0.2) is 0 Å². The Morgan fingerprint density at radius 1 is 0.846 bits per heavy atom. The smallest absolute Gasteiger partial charge is 0.256 e. The van der Waals surface area contributed by atoms with Crippen molar-refractivity contribution in [1.82, 2.24) is 5.32 Å². The number of rotatable bonds is 2. The monoisotopic (exact) mass is 340 g/mol. The van der Waals surface area contributed by atoms with Crippen LogP contribution in [0.3, 0.4) is 0 Å². The lowest BCUT2D eigenvalue weighted by atomic mass is 9.71. The van der Waals surface area contributed by atoms with Gasteiger partial charge in [0.2, 0.25) is 0 Å². The maximum atomic E-state index is 12.7. The number of hydrogen-bond donors (Lipinski definition) is 1. The summed E-state index contributed by atoms with van der Waals surface area (Å²) in [5.74, 6) is 0.538. The van der Waals surface area contributed by atoms with Gasteiger partial charge in [-0.3, -0.25) is 4.79 Å². The van der Waals surface area contributed by atoms with Crippen molar-refractivity contribution in [3.63, 3.8) is 0 Å². The zero-order valence-electron chi connectivity index (χ0n) is 14.9. The first-order chi connectivity index (χ1) is 12.6. The Bertz CT molecular complexity index is 990. The molecule has 0 radical (unpaired) electrons. The Morgan fingerprint density at radius 3 is 2.23 bits per heavy atom. The fraction of sp³-hybridized carbons (Fsp3) is 0.130. The maximum Gasteiger partial charge on any atom is 0.256 e. The number of hydrogen-bond acceptors (Lipinski definition) is 2. The van der Waals surface area contributed by atoms with Gasteiger partial charge in [-0.15, -0.1) is 0 Å². The molecule has 1 N–H and O–H groups in total. The van der Waals surface area contributed by atoms with E-state index in [1.807, 2.05) is 73.7 Å². The number of nitrogens with one attached hydrogen (secondary N) is 1. The highest BCUT2D eigenvalue weighted by Crippen LogP contribution is 2.38. The highest BCUT2D eigenvalue weighted by Gasteiger charge is 2.42. The zero-order valence-corrected chi connectivity index (χ0v) is 14.9. The second-order valence-corrected chi connectivity index (χ2v) is 6.79. The minimum Gasteiger partial charge on any atom is -0.309 e. The molecule has 0 bridgehead atoms. The Hall–Kier alpha value is -3.20. The largest absolute Gasteiger partial charge is 0.309 e. The molecule has 4 rings (SSSR count). The number of amidine groups is 1. The normalized spacial score (nSPS) is 20.5. The fourth-order valence-electron chi connectivity index (χ4n) is 3.50. The van der Waals surface area contributed by atoms with Crippen LogP contribution in [0, 0.1) is 6.92 Å². The molecule has 3 nitrogen and oxygen atoms in total. The van der Waals surface area contributed by atoms with Crippen molar-refractivity contribution in [3.05, 3.63) is 101 Å². The molecule has 26 heavy (non-hydrogen) atoms. The van der Waals surface area contributed by atoms with Gasteiger partial charge in [0, 0.05) is 5.56 Å². The third-order valence-corrected chi connectivity index (χ3v) is 5.04. The Balaban J connectivity index is 1.95. The summed E-state index contributed by atoms with van der Waals surface area (Å²) >= 11 is 0. The number of amides is 1. The Labute approximate surface area is 153 Å². The predicted molar refractivity (Wildman–Crippen MR) is 105 cm³/mol. The highest BCUT2D eigenvalue weighted by molar-refractivity contribution is 6.16. The van der Waals surface area contributed by atoms with Crippen LogP contribution in [0.4, 0.5) is 5.69 Å². The van der Waals surface area contributed by atoms with Crippen LogP contribution >= 0.6 is 0 Å². The van der Waals surface area contributed by atoms with Crippen molar-refractivity contribution in [2.75, 3.05) is 0 Å². The van der Waals surface area contributed by atoms with Gasteiger partial charge >= 0.3 is 0 Å². The standard InChI is InChI=1S/C23H20N2O/c1-16-12-14-18(15-13-16)24-22-23(2,17-8-4-3-5-9-17)20-11-7-6-10-19(20)21(26)25-22/h3-15H,1-2H3,(H,24,25,26)/t23-/m1/s1. The van der Waals surface area contributed by atoms with Crippen LogP contribution in [-0.4, -0.2) is 11.7 Å². The van der Waals surface area contributed by atoms with Gasteiger partial charge in [0.1, 0.15) is 5.84 Å². The van der Waals surface area contributed by atoms with E-state index in [-0.39, 0.29) is 5.91 Å². The molecule has 128 valence electrons. The Morgan fingerprint density at radius 2 is 1.50 bits per heavy atom. The summed E-state index contributed by atoms with van der Waals surface area (Å²) < 4.78 is 0. The Kier molecular flexibility index (Phi) is 3.92. The number of carbonyl (C=O) groups is 1. The van der Waals surface area contributed by atoms with Crippen LogP contribution in [0.15, 0.2) is 83.9 Å². The number of nitrogens with zero attached hydrogens (tertiary/aromatic N) is 1. The molecule has 1 heterocycles. The van der Waals surface area contributed by atoms with E-state index in [0.717, 1.165) is 16.8 Å². The maximum absolute atomic E-state index is 12.7. The van der Waals surface area contributed by atoms with Crippen LogP contribution in [0.5, 0.6) is 0 Å². The minimum atomic E-state index is -0.531. The zero-order chi connectivity index (χ0) is 18.1. The number of benzene rings is 3. The quantitative estimate of drug-likeness (QED) is 0.717. The van der Waals surface area contributed by atoms with Crippen molar-refractivity contribution in [3.8, 4) is 0 Å². The van der Waals surface area contributed by atoms with Crippen molar-refractivity contribution >= 4 is 17.4 Å². The second kappa shape index (κ2) is 6.26. The molecule has 0 aromatic heterocycles. The molecule has 0 saturated carbocycles. The number of aryl methyl sites for hydroxylation is 1. The van der Waals surface area contributed by atoms with Crippen LogP contribution in [0.25, 0.3) is 0 Å². The van der Waals surface area contributed by atoms with Crippen LogP contribution < -0.4 is 5.32 Å². The molecule has 0 unspecified atom stereocenters. The highest BCUT2D eigenvalue weighted by atomic mass is 16.1. The summed E-state index contributed by atoms with van der Waals surface area (Å²) in [7, 11) is 0. The third-order valence-electron chi connectivity index (χ3n) is 5.04. The summed E-state index contributed by atoms with van der Waals surface area (Å²) in [6.07, 6.45) is 0. The molecular formula is C23H20N2O. The van der Waals surface area contributed by atoms with Gasteiger partial charge in [-0.2, -0.15) is 0 Å². The molecule has 3 aromatic carbocycles. The number of aliphatic imine (C=N–C) groups is 1. The first-order valence-electron chi connectivity index (χ1n) is 8.71. The van der Waals surface area contributed by atoms with Crippen LogP contribution in [0.1, 0.15) is 34.0 Å². The van der Waals surface area contributed by atoms with Gasteiger partial charge in [-0.1, -0.05) is 66.2 Å². The van der Waals surface area contributed by atoms with Gasteiger partial charge < -0.3 is 5.32 Å². The molecule has 1 aliphatic rings. The van der Waals surface area contributed by atoms with Crippen molar-refractivity contribution in [2.45, 2.75) is 19.3 Å². The lowest BCUT2D eigenvalue weighted by molar-refractivity contribution is 0.0968. The molecule has 3 heteroatoms. The van der Waals surface area contributed by atoms with Crippen molar-refractivity contribution in [1.29, 1.82) is 0 Å². The summed E-state index contributed by atoms with van der Waals surface area (Å²) in [4.78, 5) is 17.5. The molecule has 0 spiro atoms. The molecule has 0 fully saturated rings. The van der Waals surface area contributed by atoms with E-state index in [2.05, 4.69) is 24.4 Å². The molecule has 0 saturated heterocycles. The minimum absolute atomic E-state index is 0.111. The van der Waals surface area contributed by atoms with Crippen LogP contribution in [0.2, 0.25) is 0 Å². The van der Waals surface area contributed by atoms with E-state index in [1.54, 1.807) is 0 Å². The number of fused-ring (bicyclic) bond motifs is 1. The van der Waals surface area contributed by atoms with Gasteiger partial charge in [0.05, 0.1) is 11.1 Å². The molecule has 3 aromatic rings. The molecule has 1 amide bonds. The average molecular weight is 340 g/mol. The van der Waals surface area contributed by atoms with Crippen LogP contribution in [-0.2, 0) is 5.41 Å². The van der Waals surface area contributed by atoms with Gasteiger partial charge in [0.25, 0.3) is 5.91 Å². The first kappa shape index (κ1) is 16.3. The lowest BCUT2D eigenvalue weighted by Gasteiger charge is -2.37. The first-order valence-corrected chi connectivity index (χ1v) is 8.71. The van der Waals surface area contributed by atoms with E-state index in [4.69, 9.17) is 4.99 Å². The fourth-order valence-corrected chi connectivity index (χ4v) is 3.50. The number of carbonyl (C=O) groups excluding carboxylic acids is 1. The summed E-state index contributed by atoms with van der Waals surface area (Å²) in [5.41, 5.74) is 4.24. The molecular weight excluding hydrogens is 320 g/mol. The van der Waals surface area contributed by atoms with Crippen molar-refractivity contribution < 1.29 is 4.79 Å². The lowest BCUT2D eigenvalue weighted by Crippen LogP contribution is -2.51. The summed E-state index contributed by atoms with van der Waals surface area (Å²) in [6.45, 7) is 4.16. The van der Waals surface area contributed by atoms with Crippen molar-refractivity contribution in [2.24, 2.45) is 4.99 Å². The topological polar surface area (TPSA) is 41.5 Å². The van der Waals surface area contributed by atoms with E-state index in [0.29, 0.717) is 11.4 Å². The second-order valence-electron chi connectivity index (χ2n) is 6.79. The van der Waals surface area contributed by atoms with E-state index in [9.17, 15) is 4.79 Å². The third kappa shape index (κ3) is 2.62. The SMILES string of the molecule is Cc1ccc(N=C2NC(=O)c3ccccc3[C@@]2(C)c2ccccc2)cc1. The molecule has 1 atom stereocenters. The summed E-state index contributed by atoms with van der Waals surface area (Å²) in [6, 6.07) is 26.0. The van der Waals surface area contributed by atoms with Gasteiger partial charge in [-0.05, 0) is 43.2 Å². The van der Waals surface area contributed by atoms with E-state index >= 15 is 0 Å². The van der Waals surface area contributed by atoms with E-state index in [1.165, 1.54) is 5.56 Å². The van der Waals surface area contributed by atoms with Gasteiger partial charge in [-0.25, -0.2) is 4.99 Å². The predicted octanol–water partition coefficient (Wildman–Crippen LogP) is 4.77. The van der Waals surface area contributed by atoms with E-state index < -0.39 is 5.41 Å². The summed E-state index contributed by atoms with van der Waals surface area (Å²) in [5, 5.41) is 3.04. The molecule has 0 aliphatic carbocycles.